The Morgan fingerprint density at radius 3 is 2.44 bits per heavy atom. The molecule has 6 N–H and O–H groups in total. The second kappa shape index (κ2) is 11.6. The molecule has 3 aromatic rings. The second-order valence-corrected chi connectivity index (χ2v) is 9.38. The lowest BCUT2D eigenvalue weighted by Gasteiger charge is -2.19. The highest BCUT2D eigenvalue weighted by Crippen LogP contribution is 2.21. The fourth-order valence-corrected chi connectivity index (χ4v) is 4.72. The smallest absolute Gasteiger partial charge is 0.251 e. The Morgan fingerprint density at radius 2 is 1.81 bits per heavy atom. The Balaban J connectivity index is 1.45. The van der Waals surface area contributed by atoms with Gasteiger partial charge in [0.2, 0.25) is 11.8 Å². The molecule has 3 amide bonds. The number of nitrogens with two attached hydrogens (primary N) is 1. The normalized spacial score (nSPS) is 15.6. The van der Waals surface area contributed by atoms with Crippen LogP contribution >= 0.6 is 11.3 Å². The van der Waals surface area contributed by atoms with E-state index < -0.39 is 29.8 Å². The number of hydrogen-bond donors (Lipinski definition) is 5. The SMILES string of the molecule is N=C(N)c1csc(C[C@H](NC(=O)c2ccc(Oc3ccccc3)cc2)C(=O)NC(=O)[C@H]2CCCN2)c1. The summed E-state index contributed by atoms with van der Waals surface area (Å²) in [5, 5.41) is 17.5. The van der Waals surface area contributed by atoms with Gasteiger partial charge in [-0.25, -0.2) is 0 Å². The van der Waals surface area contributed by atoms with Crippen LogP contribution in [0.1, 0.15) is 33.6 Å². The van der Waals surface area contributed by atoms with Crippen molar-refractivity contribution >= 4 is 34.9 Å². The summed E-state index contributed by atoms with van der Waals surface area (Å²) in [6, 6.07) is 16.1. The number of ether oxygens (including phenoxy) is 1. The number of thiophene rings is 1. The summed E-state index contributed by atoms with van der Waals surface area (Å²) in [6.07, 6.45) is 1.66. The highest BCUT2D eigenvalue weighted by Gasteiger charge is 2.28. The van der Waals surface area contributed by atoms with Gasteiger partial charge in [-0.3, -0.25) is 25.1 Å². The van der Waals surface area contributed by atoms with Gasteiger partial charge in [-0.05, 0) is 61.9 Å². The molecule has 4 rings (SSSR count). The minimum Gasteiger partial charge on any atom is -0.457 e. The van der Waals surface area contributed by atoms with Crippen LogP contribution in [-0.2, 0) is 16.0 Å². The molecule has 1 aliphatic heterocycles. The topological polar surface area (TPSA) is 146 Å². The number of amides is 3. The van der Waals surface area contributed by atoms with Gasteiger partial charge in [-0.1, -0.05) is 18.2 Å². The van der Waals surface area contributed by atoms with Gasteiger partial charge in [0.05, 0.1) is 6.04 Å². The summed E-state index contributed by atoms with van der Waals surface area (Å²) in [5.41, 5.74) is 6.43. The van der Waals surface area contributed by atoms with Crippen molar-refractivity contribution in [1.29, 1.82) is 5.41 Å². The zero-order valence-electron chi connectivity index (χ0n) is 19.5. The third-order valence-electron chi connectivity index (χ3n) is 5.71. The first-order chi connectivity index (χ1) is 17.4. The predicted molar refractivity (Wildman–Crippen MR) is 137 cm³/mol. The predicted octanol–water partition coefficient (Wildman–Crippen LogP) is 2.56. The minimum absolute atomic E-state index is 0.0807. The Hall–Kier alpha value is -4.02. The first kappa shape index (κ1) is 25.1. The van der Waals surface area contributed by atoms with Crippen molar-refractivity contribution in [3.63, 3.8) is 0 Å². The van der Waals surface area contributed by atoms with E-state index in [0.717, 1.165) is 17.8 Å². The molecule has 36 heavy (non-hydrogen) atoms. The van der Waals surface area contributed by atoms with Gasteiger partial charge in [-0.15, -0.1) is 11.3 Å². The van der Waals surface area contributed by atoms with Crippen LogP contribution in [0.3, 0.4) is 0 Å². The number of nitrogen functional groups attached to an aromatic ring is 1. The Morgan fingerprint density at radius 1 is 1.08 bits per heavy atom. The maximum absolute atomic E-state index is 13.0. The number of nitrogens with one attached hydrogen (secondary N) is 4. The van der Waals surface area contributed by atoms with Gasteiger partial charge in [0.25, 0.3) is 5.91 Å². The molecule has 0 radical (unpaired) electrons. The number of hydrogen-bond acceptors (Lipinski definition) is 7. The van der Waals surface area contributed by atoms with Crippen LogP contribution in [0.25, 0.3) is 0 Å². The molecule has 186 valence electrons. The third-order valence-corrected chi connectivity index (χ3v) is 6.67. The maximum Gasteiger partial charge on any atom is 0.251 e. The van der Waals surface area contributed by atoms with Crippen molar-refractivity contribution < 1.29 is 19.1 Å². The lowest BCUT2D eigenvalue weighted by Crippen LogP contribution is -2.52. The van der Waals surface area contributed by atoms with Crippen molar-refractivity contribution in [1.82, 2.24) is 16.0 Å². The van der Waals surface area contributed by atoms with Crippen LogP contribution in [0.5, 0.6) is 11.5 Å². The lowest BCUT2D eigenvalue weighted by molar-refractivity contribution is -0.132. The first-order valence-corrected chi connectivity index (χ1v) is 12.4. The molecule has 10 heteroatoms. The summed E-state index contributed by atoms with van der Waals surface area (Å²) in [5.74, 6) is -0.302. The maximum atomic E-state index is 13.0. The number of para-hydroxylation sites is 1. The van der Waals surface area contributed by atoms with Gasteiger partial charge < -0.3 is 21.1 Å². The monoisotopic (exact) mass is 505 g/mol. The number of carbonyl (C=O) groups is 3. The molecular weight excluding hydrogens is 478 g/mol. The summed E-state index contributed by atoms with van der Waals surface area (Å²) >= 11 is 1.33. The Kier molecular flexibility index (Phi) is 8.09. The van der Waals surface area contributed by atoms with Gasteiger partial charge in [0.1, 0.15) is 23.4 Å². The van der Waals surface area contributed by atoms with Crippen LogP contribution in [0.4, 0.5) is 0 Å². The van der Waals surface area contributed by atoms with Gasteiger partial charge in [-0.2, -0.15) is 0 Å². The van der Waals surface area contributed by atoms with E-state index in [1.54, 1.807) is 35.7 Å². The molecule has 2 aromatic carbocycles. The average Bonchev–Trinajstić information content (AvgIpc) is 3.57. The van der Waals surface area contributed by atoms with E-state index in [4.69, 9.17) is 15.9 Å². The van der Waals surface area contributed by atoms with Gasteiger partial charge in [0, 0.05) is 27.8 Å². The van der Waals surface area contributed by atoms with E-state index in [1.165, 1.54) is 11.3 Å². The fraction of sp³-hybridized carbons (Fsp3) is 0.231. The molecule has 2 heterocycles. The van der Waals surface area contributed by atoms with E-state index in [1.807, 2.05) is 30.3 Å². The summed E-state index contributed by atoms with van der Waals surface area (Å²) in [6.45, 7) is 0.722. The minimum atomic E-state index is -0.999. The third kappa shape index (κ3) is 6.55. The van der Waals surface area contributed by atoms with E-state index in [-0.39, 0.29) is 12.3 Å². The average molecular weight is 506 g/mol. The number of rotatable bonds is 9. The van der Waals surface area contributed by atoms with E-state index in [0.29, 0.717) is 29.0 Å². The van der Waals surface area contributed by atoms with Crippen LogP contribution < -0.4 is 26.4 Å². The Labute approximate surface area is 212 Å². The largest absolute Gasteiger partial charge is 0.457 e. The molecule has 2 atom stereocenters. The zero-order chi connectivity index (χ0) is 25.5. The van der Waals surface area contributed by atoms with Crippen molar-refractivity contribution in [3.8, 4) is 11.5 Å². The van der Waals surface area contributed by atoms with Gasteiger partial charge >= 0.3 is 0 Å². The summed E-state index contributed by atoms with van der Waals surface area (Å²) in [4.78, 5) is 39.3. The fourth-order valence-electron chi connectivity index (χ4n) is 3.78. The van der Waals surface area contributed by atoms with Crippen molar-refractivity contribution in [2.24, 2.45) is 5.73 Å². The quantitative estimate of drug-likeness (QED) is 0.223. The molecule has 1 saturated heterocycles. The molecule has 9 nitrogen and oxygen atoms in total. The first-order valence-electron chi connectivity index (χ1n) is 11.5. The van der Waals surface area contributed by atoms with Crippen LogP contribution in [0.15, 0.2) is 66.0 Å². The molecular formula is C26H27N5O4S. The molecule has 0 aliphatic carbocycles. The number of amidine groups is 1. The second-order valence-electron chi connectivity index (χ2n) is 8.39. The van der Waals surface area contributed by atoms with E-state index in [9.17, 15) is 14.4 Å². The van der Waals surface area contributed by atoms with Crippen molar-refractivity contribution in [2.45, 2.75) is 31.3 Å². The zero-order valence-corrected chi connectivity index (χ0v) is 20.3. The number of carbonyl (C=O) groups excluding carboxylic acids is 3. The van der Waals surface area contributed by atoms with Crippen LogP contribution in [0.2, 0.25) is 0 Å². The van der Waals surface area contributed by atoms with Crippen molar-refractivity contribution in [3.05, 3.63) is 82.0 Å². The molecule has 1 fully saturated rings. The highest BCUT2D eigenvalue weighted by molar-refractivity contribution is 7.10. The van der Waals surface area contributed by atoms with Crippen molar-refractivity contribution in [2.75, 3.05) is 6.54 Å². The molecule has 1 aromatic heterocycles. The summed E-state index contributed by atoms with van der Waals surface area (Å²) < 4.78 is 5.76. The number of imide groups is 1. The van der Waals surface area contributed by atoms with E-state index >= 15 is 0 Å². The molecule has 0 unspecified atom stereocenters. The molecule has 0 spiro atoms. The summed E-state index contributed by atoms with van der Waals surface area (Å²) in [7, 11) is 0. The van der Waals surface area contributed by atoms with E-state index in [2.05, 4.69) is 16.0 Å². The number of benzene rings is 2. The highest BCUT2D eigenvalue weighted by atomic mass is 32.1. The lowest BCUT2D eigenvalue weighted by atomic mass is 10.1. The Bertz CT molecular complexity index is 1240. The molecule has 0 saturated carbocycles. The standard InChI is InChI=1S/C26H27N5O4S/c27-23(28)17-13-20(36-15-17)14-22(26(34)31-25(33)21-7-4-12-29-21)30-24(32)16-8-10-19(11-9-16)35-18-5-2-1-3-6-18/h1-3,5-6,8-11,13,15,21-22,29H,4,7,12,14H2,(H3,27,28)(H,30,32)(H,31,33,34)/t21-,22+/m1/s1. The van der Waals surface area contributed by atoms with Gasteiger partial charge in [0.15, 0.2) is 0 Å². The van der Waals surface area contributed by atoms with Crippen LogP contribution in [0, 0.1) is 5.41 Å². The van der Waals surface area contributed by atoms with Crippen LogP contribution in [-0.4, -0.2) is 42.2 Å². The molecule has 0 bridgehead atoms. The molecule has 1 aliphatic rings.